The number of nitrogens with one attached hydrogen (secondary N) is 1. The normalized spacial score (nSPS) is 20.0. The second kappa shape index (κ2) is 11.1. The lowest BCUT2D eigenvalue weighted by Crippen LogP contribution is -2.52. The summed E-state index contributed by atoms with van der Waals surface area (Å²) < 4.78 is 0. The first-order chi connectivity index (χ1) is 16.1. The first-order valence-electron chi connectivity index (χ1n) is 11.8. The van der Waals surface area contributed by atoms with Crippen LogP contribution in [0.5, 0.6) is 0 Å². The number of piperidine rings is 1. The monoisotopic (exact) mass is 449 g/mol. The van der Waals surface area contributed by atoms with E-state index in [1.807, 2.05) is 19.3 Å². The summed E-state index contributed by atoms with van der Waals surface area (Å²) in [7, 11) is 1.84. The minimum Gasteiger partial charge on any atom is -0.369 e. The first kappa shape index (κ1) is 23.0. The first-order valence-corrected chi connectivity index (χ1v) is 11.8. The molecule has 2 aliphatic rings. The molecule has 1 unspecified atom stereocenters. The molecule has 1 aromatic carbocycles. The number of anilines is 1. The Morgan fingerprint density at radius 1 is 1.12 bits per heavy atom. The lowest BCUT2D eigenvalue weighted by molar-refractivity contribution is -0.122. The van der Waals surface area contributed by atoms with E-state index in [1.54, 1.807) is 0 Å². The molecular weight excluding hydrogens is 414 g/mol. The van der Waals surface area contributed by atoms with Gasteiger partial charge in [0.25, 0.3) is 0 Å². The van der Waals surface area contributed by atoms with E-state index in [2.05, 4.69) is 66.4 Å². The third-order valence-electron chi connectivity index (χ3n) is 6.56. The lowest BCUT2D eigenvalue weighted by Gasteiger charge is -2.37. The number of carbonyl (C=O) groups excluding carboxylic acids is 1. The predicted molar refractivity (Wildman–Crippen MR) is 132 cm³/mol. The number of piperazine rings is 1. The number of pyridine rings is 1. The number of nitrogens with zero attached hydrogens (tertiary/aromatic N) is 5. The van der Waals surface area contributed by atoms with Gasteiger partial charge in [-0.2, -0.15) is 0 Å². The average Bonchev–Trinajstić information content (AvgIpc) is 2.86. The van der Waals surface area contributed by atoms with Gasteiger partial charge in [0.2, 0.25) is 5.91 Å². The van der Waals surface area contributed by atoms with Crippen molar-refractivity contribution in [2.24, 2.45) is 16.6 Å². The van der Waals surface area contributed by atoms with Crippen LogP contribution in [0.1, 0.15) is 24.0 Å². The molecule has 176 valence electrons. The van der Waals surface area contributed by atoms with Gasteiger partial charge in [-0.25, -0.2) is 4.98 Å². The summed E-state index contributed by atoms with van der Waals surface area (Å²) in [6.07, 6.45) is 3.62. The lowest BCUT2D eigenvalue weighted by atomic mass is 9.97. The van der Waals surface area contributed by atoms with Crippen molar-refractivity contribution in [3.8, 4) is 0 Å². The minimum absolute atomic E-state index is 0.110. The van der Waals surface area contributed by atoms with Gasteiger partial charge in [-0.05, 0) is 24.5 Å². The number of nitrogens with two attached hydrogens (primary N) is 1. The van der Waals surface area contributed by atoms with Crippen LogP contribution in [0.25, 0.3) is 0 Å². The average molecular weight is 450 g/mol. The second-order valence-electron chi connectivity index (χ2n) is 8.82. The molecule has 4 rings (SSSR count). The predicted octanol–water partition coefficient (Wildman–Crippen LogP) is 1.68. The van der Waals surface area contributed by atoms with Crippen molar-refractivity contribution in [1.29, 1.82) is 0 Å². The molecule has 0 aliphatic carbocycles. The number of carbonyl (C=O) groups is 1. The van der Waals surface area contributed by atoms with E-state index in [9.17, 15) is 4.79 Å². The number of hydrogen-bond acceptors (Lipinski definition) is 5. The molecule has 1 amide bonds. The van der Waals surface area contributed by atoms with Crippen LogP contribution in [0, 0.1) is 5.92 Å². The zero-order chi connectivity index (χ0) is 23.0. The van der Waals surface area contributed by atoms with Crippen LogP contribution in [-0.4, -0.2) is 73.0 Å². The Labute approximate surface area is 196 Å². The highest BCUT2D eigenvalue weighted by Gasteiger charge is 2.26. The fourth-order valence-electron chi connectivity index (χ4n) is 4.72. The number of amides is 1. The maximum atomic E-state index is 11.7. The SMILES string of the molecule is CN=C(NCc1cccnc1N1CCCC(C(N)=O)C1)N1CCN(Cc2ccccc2)CC1. The van der Waals surface area contributed by atoms with Crippen LogP contribution in [0.3, 0.4) is 0 Å². The summed E-state index contributed by atoms with van der Waals surface area (Å²) in [6.45, 7) is 7.06. The molecule has 1 atom stereocenters. The maximum absolute atomic E-state index is 11.7. The quantitative estimate of drug-likeness (QED) is 0.515. The molecule has 8 heteroatoms. The molecule has 2 aromatic rings. The molecule has 0 radical (unpaired) electrons. The van der Waals surface area contributed by atoms with Gasteiger partial charge in [0, 0.05) is 71.2 Å². The van der Waals surface area contributed by atoms with Crippen molar-refractivity contribution in [1.82, 2.24) is 20.1 Å². The maximum Gasteiger partial charge on any atom is 0.222 e. The Morgan fingerprint density at radius 3 is 2.64 bits per heavy atom. The highest BCUT2D eigenvalue weighted by atomic mass is 16.1. The van der Waals surface area contributed by atoms with E-state index in [1.165, 1.54) is 5.56 Å². The largest absolute Gasteiger partial charge is 0.369 e. The smallest absolute Gasteiger partial charge is 0.222 e. The van der Waals surface area contributed by atoms with E-state index < -0.39 is 0 Å². The van der Waals surface area contributed by atoms with Gasteiger partial charge >= 0.3 is 0 Å². The summed E-state index contributed by atoms with van der Waals surface area (Å²) >= 11 is 0. The number of aromatic nitrogens is 1. The Morgan fingerprint density at radius 2 is 1.91 bits per heavy atom. The van der Waals surface area contributed by atoms with E-state index in [0.29, 0.717) is 13.1 Å². The van der Waals surface area contributed by atoms with Gasteiger partial charge in [0.1, 0.15) is 5.82 Å². The number of guanidine groups is 1. The van der Waals surface area contributed by atoms with Crippen LogP contribution >= 0.6 is 0 Å². The fraction of sp³-hybridized carbons (Fsp3) is 0.480. The molecule has 2 saturated heterocycles. The second-order valence-corrected chi connectivity index (χ2v) is 8.82. The number of rotatable bonds is 6. The van der Waals surface area contributed by atoms with Gasteiger partial charge in [-0.1, -0.05) is 36.4 Å². The van der Waals surface area contributed by atoms with Crippen LogP contribution in [0.4, 0.5) is 5.82 Å². The molecule has 33 heavy (non-hydrogen) atoms. The van der Waals surface area contributed by atoms with Gasteiger partial charge in [-0.15, -0.1) is 0 Å². The Balaban J connectivity index is 1.33. The van der Waals surface area contributed by atoms with Crippen LogP contribution < -0.4 is 16.0 Å². The topological polar surface area (TPSA) is 90.1 Å². The van der Waals surface area contributed by atoms with Crippen molar-refractivity contribution in [3.05, 3.63) is 59.8 Å². The highest BCUT2D eigenvalue weighted by Crippen LogP contribution is 2.24. The Kier molecular flexibility index (Phi) is 7.78. The summed E-state index contributed by atoms with van der Waals surface area (Å²) in [5.74, 6) is 1.51. The summed E-state index contributed by atoms with van der Waals surface area (Å²) in [5.41, 5.74) is 8.03. The molecule has 1 aromatic heterocycles. The number of hydrogen-bond donors (Lipinski definition) is 2. The van der Waals surface area contributed by atoms with Crippen LogP contribution in [0.15, 0.2) is 53.7 Å². The van der Waals surface area contributed by atoms with E-state index >= 15 is 0 Å². The third-order valence-corrected chi connectivity index (χ3v) is 6.56. The van der Waals surface area contributed by atoms with Crippen molar-refractivity contribution in [2.75, 3.05) is 51.2 Å². The molecule has 0 spiro atoms. The molecule has 3 N–H and O–H groups in total. The number of primary amides is 1. The molecule has 3 heterocycles. The standard InChI is InChI=1S/C25H35N7O/c1-27-25(31-15-13-30(14-16-31)18-20-7-3-2-4-8-20)29-17-21-9-5-11-28-24(21)32-12-6-10-22(19-32)23(26)33/h2-5,7-9,11,22H,6,10,12-19H2,1H3,(H2,26,33)(H,27,29). The van der Waals surface area contributed by atoms with Crippen LogP contribution in [0.2, 0.25) is 0 Å². The molecule has 0 bridgehead atoms. The van der Waals surface area contributed by atoms with Gasteiger partial charge in [-0.3, -0.25) is 14.7 Å². The Hall–Kier alpha value is -3.13. The van der Waals surface area contributed by atoms with E-state index in [4.69, 9.17) is 5.73 Å². The zero-order valence-corrected chi connectivity index (χ0v) is 19.5. The van der Waals surface area contributed by atoms with Gasteiger partial charge in [0.05, 0.1) is 5.92 Å². The van der Waals surface area contributed by atoms with Crippen LogP contribution in [-0.2, 0) is 17.9 Å². The van der Waals surface area contributed by atoms with E-state index in [0.717, 1.165) is 69.5 Å². The molecule has 2 fully saturated rings. The number of aliphatic imine (C=N–C) groups is 1. The van der Waals surface area contributed by atoms with Crippen molar-refractivity contribution >= 4 is 17.7 Å². The molecular formula is C25H35N7O. The van der Waals surface area contributed by atoms with Crippen molar-refractivity contribution in [3.63, 3.8) is 0 Å². The minimum atomic E-state index is -0.220. The van der Waals surface area contributed by atoms with Gasteiger partial charge < -0.3 is 20.9 Å². The van der Waals surface area contributed by atoms with Gasteiger partial charge in [0.15, 0.2) is 5.96 Å². The summed E-state index contributed by atoms with van der Waals surface area (Å²) in [6, 6.07) is 14.7. The number of benzene rings is 1. The molecule has 8 nitrogen and oxygen atoms in total. The highest BCUT2D eigenvalue weighted by molar-refractivity contribution is 5.80. The van der Waals surface area contributed by atoms with Crippen molar-refractivity contribution < 1.29 is 4.79 Å². The summed E-state index contributed by atoms with van der Waals surface area (Å²) in [4.78, 5) is 27.9. The molecule has 2 aliphatic heterocycles. The molecule has 0 saturated carbocycles. The Bertz CT molecular complexity index is 941. The van der Waals surface area contributed by atoms with Crippen molar-refractivity contribution in [2.45, 2.75) is 25.9 Å². The zero-order valence-electron chi connectivity index (χ0n) is 19.5. The third kappa shape index (κ3) is 6.01. The summed E-state index contributed by atoms with van der Waals surface area (Å²) in [5, 5.41) is 3.53. The fourth-order valence-corrected chi connectivity index (χ4v) is 4.72. The van der Waals surface area contributed by atoms with E-state index in [-0.39, 0.29) is 11.8 Å².